The zero-order valence-electron chi connectivity index (χ0n) is 26.8. The number of epoxide rings is 1. The predicted octanol–water partition coefficient (Wildman–Crippen LogP) is 7.26. The molecule has 2 aliphatic heterocycles. The molecule has 1 fully saturated rings. The molecule has 39 heavy (non-hydrogen) atoms. The molecule has 0 spiro atoms. The van der Waals surface area contributed by atoms with Gasteiger partial charge in [0.1, 0.15) is 5.60 Å². The zero-order chi connectivity index (χ0) is 30.0. The summed E-state index contributed by atoms with van der Waals surface area (Å²) in [7, 11) is -4.39. The van der Waals surface area contributed by atoms with Gasteiger partial charge >= 0.3 is 5.97 Å². The monoisotopic (exact) mass is 581 g/mol. The molecular weight excluding hydrogens is 527 g/mol. The molecule has 2 heterocycles. The molecule has 2 aliphatic rings. The Labute approximate surface area is 240 Å². The maximum Gasteiger partial charge on any atom is 0.302 e. The molecule has 0 saturated carbocycles. The number of esters is 1. The van der Waals surface area contributed by atoms with E-state index < -0.39 is 28.3 Å². The molecular formula is C30H55NO6Si2. The van der Waals surface area contributed by atoms with Crippen molar-refractivity contribution in [2.75, 3.05) is 6.61 Å². The number of allylic oxidation sites excluding steroid dienone is 1. The van der Waals surface area contributed by atoms with E-state index in [0.717, 1.165) is 17.7 Å². The Kier molecular flexibility index (Phi) is 11.1. The van der Waals surface area contributed by atoms with Crippen LogP contribution in [-0.2, 0) is 28.0 Å². The molecule has 9 heteroatoms. The van der Waals surface area contributed by atoms with Gasteiger partial charge in [0.05, 0.1) is 36.5 Å². The molecule has 0 bridgehead atoms. The van der Waals surface area contributed by atoms with Crippen LogP contribution in [0.3, 0.4) is 0 Å². The SMILES string of the molecule is C=C(C1CC(CC)=NO1)[C@H](O[Si](C)(C)C)[C@H](COC(C)=O)[C@H](O[Si](C)(C)C(C)(C)C)[C@]1(C)O[C@@H]1[C@@H](C)/C=C\C. The van der Waals surface area contributed by atoms with Gasteiger partial charge in [0.15, 0.2) is 22.7 Å². The van der Waals surface area contributed by atoms with E-state index in [0.29, 0.717) is 6.42 Å². The third-order valence-electron chi connectivity index (χ3n) is 8.31. The first-order valence-corrected chi connectivity index (χ1v) is 20.8. The molecule has 0 aromatic heterocycles. The van der Waals surface area contributed by atoms with Crippen molar-refractivity contribution < 1.29 is 28.0 Å². The fourth-order valence-corrected chi connectivity index (χ4v) is 7.49. The van der Waals surface area contributed by atoms with Gasteiger partial charge in [0.2, 0.25) is 0 Å². The molecule has 0 N–H and O–H groups in total. The van der Waals surface area contributed by atoms with E-state index in [1.807, 2.05) is 6.92 Å². The van der Waals surface area contributed by atoms with Crippen LogP contribution in [0.25, 0.3) is 0 Å². The third kappa shape index (κ3) is 8.61. The van der Waals surface area contributed by atoms with Crippen LogP contribution in [0.1, 0.15) is 68.2 Å². The van der Waals surface area contributed by atoms with Gasteiger partial charge in [-0.15, -0.1) is 0 Å². The molecule has 0 aromatic rings. The van der Waals surface area contributed by atoms with Gasteiger partial charge in [-0.2, -0.15) is 0 Å². The van der Waals surface area contributed by atoms with Crippen LogP contribution in [-0.4, -0.2) is 64.9 Å². The number of carbonyl (C=O) groups is 1. The largest absolute Gasteiger partial charge is 0.465 e. The van der Waals surface area contributed by atoms with Gasteiger partial charge in [-0.25, -0.2) is 0 Å². The van der Waals surface area contributed by atoms with Crippen molar-refractivity contribution in [3.63, 3.8) is 0 Å². The van der Waals surface area contributed by atoms with E-state index >= 15 is 0 Å². The van der Waals surface area contributed by atoms with Gasteiger partial charge in [-0.05, 0) is 63.6 Å². The molecule has 1 saturated heterocycles. The zero-order valence-corrected chi connectivity index (χ0v) is 28.8. The summed E-state index contributed by atoms with van der Waals surface area (Å²) in [5, 5.41) is 4.26. The number of hydrogen-bond acceptors (Lipinski definition) is 7. The van der Waals surface area contributed by atoms with Crippen molar-refractivity contribution in [2.45, 2.75) is 136 Å². The molecule has 1 unspecified atom stereocenters. The first kappa shape index (κ1) is 33.9. The molecule has 0 radical (unpaired) electrons. The number of ether oxygens (including phenoxy) is 2. The second-order valence-corrected chi connectivity index (χ2v) is 23.1. The lowest BCUT2D eigenvalue weighted by molar-refractivity contribution is -0.145. The maximum atomic E-state index is 12.2. The Bertz CT molecular complexity index is 935. The lowest BCUT2D eigenvalue weighted by Crippen LogP contribution is -2.56. The van der Waals surface area contributed by atoms with E-state index in [-0.39, 0.29) is 47.8 Å². The molecule has 0 amide bonds. The van der Waals surface area contributed by atoms with Crippen LogP contribution in [0, 0.1) is 11.8 Å². The summed E-state index contributed by atoms with van der Waals surface area (Å²) in [5.41, 5.74) is 1.24. The normalized spacial score (nSPS) is 26.9. The number of hydrogen-bond donors (Lipinski definition) is 0. The van der Waals surface area contributed by atoms with Gasteiger partial charge in [0.25, 0.3) is 0 Å². The van der Waals surface area contributed by atoms with Crippen LogP contribution >= 0.6 is 0 Å². The first-order chi connectivity index (χ1) is 17.8. The third-order valence-corrected chi connectivity index (χ3v) is 13.7. The highest BCUT2D eigenvalue weighted by Gasteiger charge is 2.64. The fraction of sp³-hybridized carbons (Fsp3) is 0.800. The standard InChI is InChI=1S/C30H55NO6Si2/c1-15-17-20(3)27-30(9,34-27)28(37-39(13,14)29(6,7)8)24(19-33-22(5)32)26(36-38(10,11)12)21(4)25-18-23(16-2)31-35-25/h15,17,20,24-28H,4,16,18-19H2,1-3,5-14H3/b17-15-/t20-,24-,25?,26-,27+,28-,30+/m0/s1. The first-order valence-electron chi connectivity index (χ1n) is 14.5. The highest BCUT2D eigenvalue weighted by molar-refractivity contribution is 6.74. The van der Waals surface area contributed by atoms with E-state index in [9.17, 15) is 4.79 Å². The van der Waals surface area contributed by atoms with Crippen molar-refractivity contribution in [1.82, 2.24) is 0 Å². The molecule has 7 nitrogen and oxygen atoms in total. The summed E-state index contributed by atoms with van der Waals surface area (Å²) in [6, 6.07) is 0. The predicted molar refractivity (Wildman–Crippen MR) is 164 cm³/mol. The summed E-state index contributed by atoms with van der Waals surface area (Å²) in [4.78, 5) is 18.0. The second kappa shape index (κ2) is 12.7. The Hall–Kier alpha value is -1.27. The highest BCUT2D eigenvalue weighted by Crippen LogP contribution is 2.51. The lowest BCUT2D eigenvalue weighted by Gasteiger charge is -2.46. The number of rotatable bonds is 14. The Morgan fingerprint density at radius 1 is 1.23 bits per heavy atom. The second-order valence-electron chi connectivity index (χ2n) is 13.9. The number of carbonyl (C=O) groups excluding carboxylic acids is 1. The van der Waals surface area contributed by atoms with Gasteiger partial charge in [-0.3, -0.25) is 4.79 Å². The number of oxime groups is 1. The minimum Gasteiger partial charge on any atom is -0.465 e. The summed E-state index contributed by atoms with van der Waals surface area (Å²) in [6.07, 6.45) is 4.58. The van der Waals surface area contributed by atoms with Crippen molar-refractivity contribution in [3.8, 4) is 0 Å². The average Bonchev–Trinajstić information content (AvgIpc) is 3.26. The Morgan fingerprint density at radius 3 is 2.31 bits per heavy atom. The molecule has 7 atom stereocenters. The smallest absolute Gasteiger partial charge is 0.302 e. The van der Waals surface area contributed by atoms with E-state index in [2.05, 4.69) is 98.2 Å². The van der Waals surface area contributed by atoms with Crippen LogP contribution in [0.2, 0.25) is 37.8 Å². The van der Waals surface area contributed by atoms with Gasteiger partial charge in [-0.1, -0.05) is 58.5 Å². The van der Waals surface area contributed by atoms with Crippen molar-refractivity contribution in [2.24, 2.45) is 17.0 Å². The Morgan fingerprint density at radius 2 is 1.85 bits per heavy atom. The topological polar surface area (TPSA) is 78.9 Å². The van der Waals surface area contributed by atoms with Gasteiger partial charge in [0, 0.05) is 19.3 Å². The minimum absolute atomic E-state index is 0.0261. The average molecular weight is 582 g/mol. The van der Waals surface area contributed by atoms with E-state index in [1.165, 1.54) is 6.92 Å². The molecule has 0 aliphatic carbocycles. The van der Waals surface area contributed by atoms with E-state index in [1.54, 1.807) is 0 Å². The van der Waals surface area contributed by atoms with Crippen molar-refractivity contribution in [1.29, 1.82) is 0 Å². The van der Waals surface area contributed by atoms with Crippen LogP contribution < -0.4 is 0 Å². The van der Waals surface area contributed by atoms with Gasteiger partial charge < -0.3 is 23.2 Å². The summed E-state index contributed by atoms with van der Waals surface area (Å²) < 4.78 is 26.4. The fourth-order valence-electron chi connectivity index (χ4n) is 5.01. The maximum absolute atomic E-state index is 12.2. The number of nitrogens with zero attached hydrogens (tertiary/aromatic N) is 1. The van der Waals surface area contributed by atoms with Crippen molar-refractivity contribution >= 4 is 28.3 Å². The molecule has 2 rings (SSSR count). The summed E-state index contributed by atoms with van der Waals surface area (Å²) in [5.74, 6) is -0.472. The highest BCUT2D eigenvalue weighted by atomic mass is 28.4. The van der Waals surface area contributed by atoms with Crippen molar-refractivity contribution in [3.05, 3.63) is 24.3 Å². The lowest BCUT2D eigenvalue weighted by atomic mass is 9.80. The quantitative estimate of drug-likeness (QED) is 0.0930. The van der Waals surface area contributed by atoms with E-state index in [4.69, 9.17) is 23.2 Å². The van der Waals surface area contributed by atoms with Crippen LogP contribution in [0.4, 0.5) is 0 Å². The molecule has 224 valence electrons. The summed E-state index contributed by atoms with van der Waals surface area (Å²) >= 11 is 0. The van der Waals surface area contributed by atoms with Crippen LogP contribution in [0.15, 0.2) is 29.5 Å². The minimum atomic E-state index is -2.29. The Balaban J connectivity index is 2.64. The molecule has 0 aromatic carbocycles. The van der Waals surface area contributed by atoms with Crippen LogP contribution in [0.5, 0.6) is 0 Å². The summed E-state index contributed by atoms with van der Waals surface area (Å²) in [6.45, 7) is 32.2.